The number of nitrogens with zero attached hydrogens (tertiary/aromatic N) is 2. The van der Waals surface area contributed by atoms with Crippen molar-refractivity contribution in [2.24, 2.45) is 0 Å². The van der Waals surface area contributed by atoms with Gasteiger partial charge in [-0.1, -0.05) is 12.1 Å². The average molecular weight is 364 g/mol. The zero-order valence-electron chi connectivity index (χ0n) is 12.2. The molecule has 5 nitrogen and oxygen atoms in total. The number of hydrogen-bond acceptors (Lipinski definition) is 3. The van der Waals surface area contributed by atoms with Crippen molar-refractivity contribution in [3.05, 3.63) is 52.3 Å². The number of benzene rings is 1. The Morgan fingerprint density at radius 2 is 2.23 bits per heavy atom. The maximum absolute atomic E-state index is 12.1. The summed E-state index contributed by atoms with van der Waals surface area (Å²) in [7, 11) is 0. The lowest BCUT2D eigenvalue weighted by Gasteiger charge is -2.11. The Hall–Kier alpha value is -1.66. The Morgan fingerprint density at radius 1 is 1.41 bits per heavy atom. The Bertz CT molecular complexity index is 633. The molecule has 22 heavy (non-hydrogen) atoms. The first-order valence-corrected chi connectivity index (χ1v) is 8.17. The molecular formula is C16H18BrN3O2. The lowest BCUT2D eigenvalue weighted by Crippen LogP contribution is -2.31. The van der Waals surface area contributed by atoms with E-state index in [0.29, 0.717) is 18.7 Å². The van der Waals surface area contributed by atoms with E-state index in [0.717, 1.165) is 29.5 Å². The largest absolute Gasteiger partial charge is 0.376 e. The van der Waals surface area contributed by atoms with Crippen molar-refractivity contribution in [3.8, 4) is 0 Å². The van der Waals surface area contributed by atoms with Crippen LogP contribution in [0.4, 0.5) is 0 Å². The van der Waals surface area contributed by atoms with Crippen LogP contribution in [-0.4, -0.2) is 34.9 Å². The van der Waals surface area contributed by atoms with Crippen LogP contribution in [0.25, 0.3) is 0 Å². The molecule has 0 radical (unpaired) electrons. The quantitative estimate of drug-likeness (QED) is 0.888. The van der Waals surface area contributed by atoms with E-state index < -0.39 is 0 Å². The summed E-state index contributed by atoms with van der Waals surface area (Å²) in [6.45, 7) is 2.07. The number of rotatable bonds is 5. The van der Waals surface area contributed by atoms with Crippen LogP contribution in [0.5, 0.6) is 0 Å². The molecule has 3 rings (SSSR count). The molecule has 0 bridgehead atoms. The Morgan fingerprint density at radius 3 is 2.86 bits per heavy atom. The number of nitrogens with one attached hydrogen (secondary N) is 1. The van der Waals surface area contributed by atoms with Crippen LogP contribution in [0.3, 0.4) is 0 Å². The Labute approximate surface area is 137 Å². The third-order valence-electron chi connectivity index (χ3n) is 3.68. The molecule has 1 aromatic heterocycles. The fourth-order valence-corrected chi connectivity index (χ4v) is 2.82. The van der Waals surface area contributed by atoms with Crippen molar-refractivity contribution in [3.63, 3.8) is 0 Å². The third kappa shape index (κ3) is 3.96. The van der Waals surface area contributed by atoms with Crippen LogP contribution in [0.2, 0.25) is 0 Å². The summed E-state index contributed by atoms with van der Waals surface area (Å²) >= 11 is 3.37. The molecule has 1 saturated heterocycles. The predicted molar refractivity (Wildman–Crippen MR) is 86.8 cm³/mol. The van der Waals surface area contributed by atoms with Crippen LogP contribution in [0, 0.1) is 0 Å². The molecule has 1 aromatic carbocycles. The van der Waals surface area contributed by atoms with E-state index in [2.05, 4.69) is 26.3 Å². The van der Waals surface area contributed by atoms with Gasteiger partial charge >= 0.3 is 0 Å². The van der Waals surface area contributed by atoms with Crippen LogP contribution >= 0.6 is 15.9 Å². The monoisotopic (exact) mass is 363 g/mol. The van der Waals surface area contributed by atoms with Gasteiger partial charge in [-0.05, 0) is 46.5 Å². The number of carbonyl (C=O) groups is 1. The summed E-state index contributed by atoms with van der Waals surface area (Å²) in [5.41, 5.74) is 1.77. The molecule has 1 aliphatic rings. The van der Waals surface area contributed by atoms with Crippen LogP contribution in [-0.2, 0) is 11.3 Å². The topological polar surface area (TPSA) is 56.1 Å². The van der Waals surface area contributed by atoms with Crippen molar-refractivity contribution in [2.75, 3.05) is 13.2 Å². The second kappa shape index (κ2) is 7.07. The van der Waals surface area contributed by atoms with Crippen molar-refractivity contribution in [2.45, 2.75) is 25.5 Å². The predicted octanol–water partition coefficient (Wildman–Crippen LogP) is 2.60. The van der Waals surface area contributed by atoms with E-state index in [1.807, 2.05) is 35.1 Å². The number of hydrogen-bond donors (Lipinski definition) is 1. The van der Waals surface area contributed by atoms with Crippen LogP contribution in [0.1, 0.15) is 28.8 Å². The first-order valence-electron chi connectivity index (χ1n) is 7.37. The third-order valence-corrected chi connectivity index (χ3v) is 4.09. The summed E-state index contributed by atoms with van der Waals surface area (Å²) in [5, 5.41) is 7.14. The van der Waals surface area contributed by atoms with Crippen molar-refractivity contribution < 1.29 is 9.53 Å². The average Bonchev–Trinajstić information content (AvgIpc) is 3.17. The number of ether oxygens (including phenoxy) is 1. The van der Waals surface area contributed by atoms with E-state index >= 15 is 0 Å². The van der Waals surface area contributed by atoms with Gasteiger partial charge in [-0.3, -0.25) is 9.48 Å². The molecule has 0 saturated carbocycles. The van der Waals surface area contributed by atoms with Gasteiger partial charge in [0.1, 0.15) is 0 Å². The van der Waals surface area contributed by atoms with E-state index in [1.165, 1.54) is 0 Å². The number of aromatic nitrogens is 2. The Kier molecular flexibility index (Phi) is 4.90. The first kappa shape index (κ1) is 15.2. The summed E-state index contributed by atoms with van der Waals surface area (Å²) in [5.74, 6) is -0.0520. The van der Waals surface area contributed by atoms with Gasteiger partial charge in [0.25, 0.3) is 5.91 Å². The standard InChI is InChI=1S/C16H18BrN3O2/c17-14-8-19-20(11-14)10-12-3-5-13(6-4-12)16(21)18-9-15-2-1-7-22-15/h3-6,8,11,15H,1-2,7,9-10H2,(H,18,21). The van der Waals surface area contributed by atoms with Crippen LogP contribution in [0.15, 0.2) is 41.1 Å². The molecule has 2 aromatic rings. The molecule has 2 heterocycles. The van der Waals surface area contributed by atoms with E-state index in [4.69, 9.17) is 4.74 Å². The maximum Gasteiger partial charge on any atom is 0.251 e. The molecule has 0 spiro atoms. The normalized spacial score (nSPS) is 17.6. The molecule has 1 fully saturated rings. The fraction of sp³-hybridized carbons (Fsp3) is 0.375. The Balaban J connectivity index is 1.54. The summed E-state index contributed by atoms with van der Waals surface area (Å²) in [4.78, 5) is 12.1. The van der Waals surface area contributed by atoms with Gasteiger partial charge in [-0.2, -0.15) is 5.10 Å². The first-order chi connectivity index (χ1) is 10.7. The van der Waals surface area contributed by atoms with Gasteiger partial charge in [0, 0.05) is 24.9 Å². The zero-order chi connectivity index (χ0) is 15.4. The summed E-state index contributed by atoms with van der Waals surface area (Å²) in [6.07, 6.45) is 5.95. The van der Waals surface area contributed by atoms with E-state index in [9.17, 15) is 4.79 Å². The molecule has 6 heteroatoms. The molecule has 116 valence electrons. The van der Waals surface area contributed by atoms with Gasteiger partial charge in [0.2, 0.25) is 0 Å². The van der Waals surface area contributed by atoms with Crippen molar-refractivity contribution >= 4 is 21.8 Å². The SMILES string of the molecule is O=C(NCC1CCCO1)c1ccc(Cn2cc(Br)cn2)cc1. The molecule has 1 amide bonds. The van der Waals surface area contributed by atoms with Gasteiger partial charge in [0.05, 0.1) is 23.3 Å². The second-order valence-corrected chi connectivity index (χ2v) is 6.31. The van der Waals surface area contributed by atoms with Gasteiger partial charge in [0.15, 0.2) is 0 Å². The highest BCUT2D eigenvalue weighted by Gasteiger charge is 2.16. The van der Waals surface area contributed by atoms with Crippen molar-refractivity contribution in [1.29, 1.82) is 0 Å². The minimum Gasteiger partial charge on any atom is -0.376 e. The zero-order valence-corrected chi connectivity index (χ0v) is 13.8. The highest BCUT2D eigenvalue weighted by molar-refractivity contribution is 9.10. The van der Waals surface area contributed by atoms with Gasteiger partial charge in [-0.25, -0.2) is 0 Å². The van der Waals surface area contributed by atoms with Crippen LogP contribution < -0.4 is 5.32 Å². The smallest absolute Gasteiger partial charge is 0.251 e. The van der Waals surface area contributed by atoms with E-state index in [1.54, 1.807) is 6.20 Å². The van der Waals surface area contributed by atoms with Gasteiger partial charge in [-0.15, -0.1) is 0 Å². The summed E-state index contributed by atoms with van der Waals surface area (Å²) in [6, 6.07) is 7.60. The highest BCUT2D eigenvalue weighted by atomic mass is 79.9. The lowest BCUT2D eigenvalue weighted by atomic mass is 10.1. The number of halogens is 1. The summed E-state index contributed by atoms with van der Waals surface area (Å²) < 4.78 is 8.30. The molecule has 1 unspecified atom stereocenters. The molecule has 1 atom stereocenters. The fourth-order valence-electron chi connectivity index (χ4n) is 2.49. The van der Waals surface area contributed by atoms with E-state index in [-0.39, 0.29) is 12.0 Å². The lowest BCUT2D eigenvalue weighted by molar-refractivity contribution is 0.0858. The molecular weight excluding hydrogens is 346 g/mol. The minimum absolute atomic E-state index is 0.0520. The number of carbonyl (C=O) groups excluding carboxylic acids is 1. The maximum atomic E-state index is 12.1. The molecule has 1 N–H and O–H groups in total. The number of amides is 1. The van der Waals surface area contributed by atoms with Gasteiger partial charge < -0.3 is 10.1 Å². The minimum atomic E-state index is -0.0520. The second-order valence-electron chi connectivity index (χ2n) is 5.40. The van der Waals surface area contributed by atoms with Crippen molar-refractivity contribution in [1.82, 2.24) is 15.1 Å². The molecule has 1 aliphatic heterocycles. The molecule has 0 aliphatic carbocycles. The highest BCUT2D eigenvalue weighted by Crippen LogP contribution is 2.12.